The fourth-order valence-electron chi connectivity index (χ4n) is 4.95. The van der Waals surface area contributed by atoms with Crippen molar-refractivity contribution in [2.75, 3.05) is 0 Å². The standard InChI is InChI=1S/C25H21FN2S2/c1-24-20(27-22(29-24)15-9-5-3-6-10-15)18-13-17(26)14-19(18)21-25(24,2)30-23(28-21)16-11-7-4-8-12-16/h3-12,17H,13-14H2,1-2H3. The van der Waals surface area contributed by atoms with Gasteiger partial charge < -0.3 is 0 Å². The number of hydrogen-bond donors (Lipinski definition) is 0. The van der Waals surface area contributed by atoms with Crippen molar-refractivity contribution in [3.63, 3.8) is 0 Å². The van der Waals surface area contributed by atoms with E-state index in [4.69, 9.17) is 9.98 Å². The molecule has 0 bridgehead atoms. The van der Waals surface area contributed by atoms with Crippen molar-refractivity contribution >= 4 is 33.6 Å². The van der Waals surface area contributed by atoms with Crippen LogP contribution in [0.15, 0.2) is 93.2 Å². The SMILES string of the molecule is CC12SC(c3ccccc3)=NC1=C1CC(F)CC1=C1N=C(c3ccccc3)SC12C. The van der Waals surface area contributed by atoms with Gasteiger partial charge in [-0.05, 0) is 25.0 Å². The Morgan fingerprint density at radius 2 is 1.13 bits per heavy atom. The van der Waals surface area contributed by atoms with E-state index < -0.39 is 6.17 Å². The maximum absolute atomic E-state index is 14.7. The average Bonchev–Trinajstić information content (AvgIpc) is 3.43. The maximum Gasteiger partial charge on any atom is 0.108 e. The number of rotatable bonds is 2. The molecule has 2 aromatic carbocycles. The summed E-state index contributed by atoms with van der Waals surface area (Å²) in [6.07, 6.45) is 0.0585. The van der Waals surface area contributed by atoms with Gasteiger partial charge in [0.05, 0.1) is 20.9 Å². The Balaban J connectivity index is 1.54. The van der Waals surface area contributed by atoms with Gasteiger partial charge in [-0.1, -0.05) is 84.2 Å². The Labute approximate surface area is 184 Å². The van der Waals surface area contributed by atoms with Crippen LogP contribution in [0.4, 0.5) is 4.39 Å². The maximum atomic E-state index is 14.7. The molecule has 30 heavy (non-hydrogen) atoms. The molecule has 0 N–H and O–H groups in total. The molecule has 0 spiro atoms. The van der Waals surface area contributed by atoms with E-state index in [9.17, 15) is 4.39 Å². The monoisotopic (exact) mass is 432 g/mol. The van der Waals surface area contributed by atoms with E-state index in [2.05, 4.69) is 38.1 Å². The van der Waals surface area contributed by atoms with Crippen LogP contribution in [0.3, 0.4) is 0 Å². The second-order valence-corrected chi connectivity index (χ2v) is 11.3. The number of hydrogen-bond acceptors (Lipinski definition) is 4. The molecule has 1 fully saturated rings. The molecule has 4 aliphatic rings. The van der Waals surface area contributed by atoms with Gasteiger partial charge in [-0.15, -0.1) is 0 Å². The lowest BCUT2D eigenvalue weighted by Crippen LogP contribution is -2.47. The fraction of sp³-hybridized carbons (Fsp3) is 0.280. The third-order valence-corrected chi connectivity index (χ3v) is 9.86. The van der Waals surface area contributed by atoms with Gasteiger partial charge >= 0.3 is 0 Å². The number of thioether (sulfide) groups is 2. The van der Waals surface area contributed by atoms with Crippen molar-refractivity contribution in [1.29, 1.82) is 0 Å². The molecule has 2 aliphatic carbocycles. The van der Waals surface area contributed by atoms with Crippen molar-refractivity contribution in [2.24, 2.45) is 9.98 Å². The molecule has 5 heteroatoms. The molecule has 1 saturated carbocycles. The molecule has 2 aromatic rings. The highest BCUT2D eigenvalue weighted by atomic mass is 32.2. The van der Waals surface area contributed by atoms with Crippen LogP contribution in [-0.4, -0.2) is 25.8 Å². The second-order valence-electron chi connectivity index (χ2n) is 8.50. The largest absolute Gasteiger partial charge is 0.247 e. The second kappa shape index (κ2) is 6.44. The Bertz CT molecular complexity index is 1090. The third-order valence-electron chi connectivity index (χ3n) is 6.67. The molecule has 2 unspecified atom stereocenters. The third kappa shape index (κ3) is 2.45. The first-order valence-corrected chi connectivity index (χ1v) is 11.9. The number of nitrogens with zero attached hydrogens (tertiary/aromatic N) is 2. The normalized spacial score (nSPS) is 32.0. The lowest BCUT2D eigenvalue weighted by Gasteiger charge is -2.44. The lowest BCUT2D eigenvalue weighted by atomic mass is 9.78. The molecule has 0 aromatic heterocycles. The molecular weight excluding hydrogens is 411 g/mol. The molecule has 2 atom stereocenters. The summed E-state index contributed by atoms with van der Waals surface area (Å²) in [5.41, 5.74) is 6.55. The molecule has 2 aliphatic heterocycles. The van der Waals surface area contributed by atoms with Crippen LogP contribution < -0.4 is 0 Å². The van der Waals surface area contributed by atoms with Gasteiger partial charge in [-0.25, -0.2) is 14.4 Å². The van der Waals surface area contributed by atoms with Gasteiger partial charge in [0.25, 0.3) is 0 Å². The molecule has 0 amide bonds. The minimum absolute atomic E-state index is 0.291. The molecule has 6 rings (SSSR count). The fourth-order valence-corrected chi connectivity index (χ4v) is 7.87. The lowest BCUT2D eigenvalue weighted by molar-refractivity contribution is 0.354. The van der Waals surface area contributed by atoms with E-state index in [1.807, 2.05) is 59.9 Å². The van der Waals surface area contributed by atoms with Gasteiger partial charge in [-0.2, -0.15) is 0 Å². The van der Waals surface area contributed by atoms with E-state index in [1.165, 1.54) is 0 Å². The van der Waals surface area contributed by atoms with Crippen LogP contribution >= 0.6 is 23.5 Å². The van der Waals surface area contributed by atoms with Crippen LogP contribution in [0.1, 0.15) is 37.8 Å². The average molecular weight is 433 g/mol. The van der Waals surface area contributed by atoms with E-state index in [0.29, 0.717) is 12.8 Å². The highest BCUT2D eigenvalue weighted by Crippen LogP contribution is 2.66. The summed E-state index contributed by atoms with van der Waals surface area (Å²) < 4.78 is 14.1. The Kier molecular flexibility index (Phi) is 4.00. The van der Waals surface area contributed by atoms with E-state index in [1.54, 1.807) is 0 Å². The number of benzene rings is 2. The first-order valence-electron chi connectivity index (χ1n) is 10.3. The van der Waals surface area contributed by atoms with Crippen molar-refractivity contribution in [3.8, 4) is 0 Å². The van der Waals surface area contributed by atoms with Gasteiger partial charge in [0, 0.05) is 24.0 Å². The van der Waals surface area contributed by atoms with Gasteiger partial charge in [-0.3, -0.25) is 0 Å². The molecule has 150 valence electrons. The predicted octanol–water partition coefficient (Wildman–Crippen LogP) is 6.54. The zero-order valence-corrected chi connectivity index (χ0v) is 18.5. The highest BCUT2D eigenvalue weighted by Gasteiger charge is 2.62. The summed E-state index contributed by atoms with van der Waals surface area (Å²) in [6, 6.07) is 20.7. The summed E-state index contributed by atoms with van der Waals surface area (Å²) in [5, 5.41) is 2.05. The smallest absolute Gasteiger partial charge is 0.108 e. The van der Waals surface area contributed by atoms with Crippen molar-refractivity contribution in [3.05, 3.63) is 94.3 Å². The summed E-state index contributed by atoms with van der Waals surface area (Å²) in [7, 11) is 0. The first kappa shape index (κ1) is 18.6. The summed E-state index contributed by atoms with van der Waals surface area (Å²) in [6.45, 7) is 4.55. The molecule has 2 nitrogen and oxygen atoms in total. The first-order chi connectivity index (χ1) is 14.5. The minimum atomic E-state index is -0.844. The topological polar surface area (TPSA) is 24.7 Å². The zero-order valence-electron chi connectivity index (χ0n) is 16.9. The molecular formula is C25H21FN2S2. The van der Waals surface area contributed by atoms with Crippen molar-refractivity contribution in [1.82, 2.24) is 0 Å². The predicted molar refractivity (Wildman–Crippen MR) is 126 cm³/mol. The quantitative estimate of drug-likeness (QED) is 0.538. The van der Waals surface area contributed by atoms with Crippen molar-refractivity contribution in [2.45, 2.75) is 42.4 Å². The van der Waals surface area contributed by atoms with E-state index >= 15 is 0 Å². The summed E-state index contributed by atoms with van der Waals surface area (Å²) in [5.74, 6) is 0. The number of alkyl halides is 1. The molecule has 0 saturated heterocycles. The van der Waals surface area contributed by atoms with Gasteiger partial charge in [0.2, 0.25) is 0 Å². The van der Waals surface area contributed by atoms with Gasteiger partial charge in [0.15, 0.2) is 0 Å². The minimum Gasteiger partial charge on any atom is -0.247 e. The van der Waals surface area contributed by atoms with Crippen LogP contribution in [-0.2, 0) is 0 Å². The highest BCUT2D eigenvalue weighted by molar-refractivity contribution is 8.20. The molecule has 0 radical (unpaired) electrons. The number of fused-ring (bicyclic) bond motifs is 4. The van der Waals surface area contributed by atoms with E-state index in [0.717, 1.165) is 43.8 Å². The van der Waals surface area contributed by atoms with Gasteiger partial charge in [0.1, 0.15) is 16.3 Å². The van der Waals surface area contributed by atoms with Crippen LogP contribution in [0, 0.1) is 0 Å². The van der Waals surface area contributed by atoms with Crippen LogP contribution in [0.25, 0.3) is 0 Å². The van der Waals surface area contributed by atoms with Crippen molar-refractivity contribution < 1.29 is 4.39 Å². The number of allylic oxidation sites excluding steroid dienone is 2. The Morgan fingerprint density at radius 3 is 1.53 bits per heavy atom. The number of aliphatic imine (C=N–C) groups is 2. The summed E-state index contributed by atoms with van der Waals surface area (Å²) >= 11 is 3.63. The zero-order chi connectivity index (χ0) is 20.5. The van der Waals surface area contributed by atoms with Crippen LogP contribution in [0.2, 0.25) is 0 Å². The number of halogens is 1. The summed E-state index contributed by atoms with van der Waals surface area (Å²) in [4.78, 5) is 10.3. The molecule has 2 heterocycles. The Hall–Kier alpha value is -2.11. The Morgan fingerprint density at radius 1 is 0.733 bits per heavy atom. The van der Waals surface area contributed by atoms with E-state index in [-0.39, 0.29) is 9.49 Å². The van der Waals surface area contributed by atoms with Crippen LogP contribution in [0.5, 0.6) is 0 Å².